The van der Waals surface area contributed by atoms with E-state index in [-0.39, 0.29) is 11.5 Å². The maximum absolute atomic E-state index is 13.3. The Bertz CT molecular complexity index is 960. The molecule has 1 spiro atoms. The number of rotatable bonds is 2. The molecule has 0 aliphatic carbocycles. The van der Waals surface area contributed by atoms with Crippen molar-refractivity contribution in [1.29, 1.82) is 0 Å². The number of ether oxygens (including phenoxy) is 1. The Labute approximate surface area is 150 Å². The third-order valence-electron chi connectivity index (χ3n) is 5.29. The lowest BCUT2D eigenvalue weighted by atomic mass is 10.0. The number of aromatic nitrogens is 3. The summed E-state index contributed by atoms with van der Waals surface area (Å²) < 4.78 is 7.04. The van der Waals surface area contributed by atoms with Crippen LogP contribution in [0.15, 0.2) is 17.2 Å². The van der Waals surface area contributed by atoms with Crippen molar-refractivity contribution in [2.45, 2.75) is 39.3 Å². The molecule has 0 unspecified atom stereocenters. The number of nitrogens with zero attached hydrogens (tertiary/aromatic N) is 3. The van der Waals surface area contributed by atoms with Crippen molar-refractivity contribution in [3.8, 4) is 0 Å². The van der Waals surface area contributed by atoms with Gasteiger partial charge in [0.25, 0.3) is 11.5 Å². The molecule has 2 aliphatic rings. The summed E-state index contributed by atoms with van der Waals surface area (Å²) in [5.41, 5.74) is 2.36. The van der Waals surface area contributed by atoms with E-state index < -0.39 is 5.66 Å². The number of amides is 1. The molecule has 2 N–H and O–H groups in total. The highest BCUT2D eigenvalue weighted by molar-refractivity contribution is 5.97. The molecule has 2 aromatic heterocycles. The molecular formula is C18H21N5O3. The van der Waals surface area contributed by atoms with Gasteiger partial charge in [-0.3, -0.25) is 14.2 Å². The Hall–Kier alpha value is -2.74. The molecule has 26 heavy (non-hydrogen) atoms. The fourth-order valence-electron chi connectivity index (χ4n) is 3.70. The highest BCUT2D eigenvalue weighted by atomic mass is 16.5. The minimum Gasteiger partial charge on any atom is -0.381 e. The van der Waals surface area contributed by atoms with Crippen molar-refractivity contribution >= 4 is 17.4 Å². The minimum atomic E-state index is -0.708. The van der Waals surface area contributed by atoms with E-state index >= 15 is 0 Å². The minimum absolute atomic E-state index is 0.206. The van der Waals surface area contributed by atoms with Crippen LogP contribution in [0.4, 0.5) is 11.5 Å². The van der Waals surface area contributed by atoms with Gasteiger partial charge in [-0.15, -0.1) is 0 Å². The van der Waals surface area contributed by atoms with Gasteiger partial charge in [-0.1, -0.05) is 0 Å². The number of hydrogen-bond acceptors (Lipinski definition) is 6. The van der Waals surface area contributed by atoms with Crippen LogP contribution in [0.5, 0.6) is 0 Å². The monoisotopic (exact) mass is 355 g/mol. The summed E-state index contributed by atoms with van der Waals surface area (Å²) in [6.45, 7) is 6.65. The third-order valence-corrected chi connectivity index (χ3v) is 5.29. The molecule has 0 radical (unpaired) electrons. The average molecular weight is 355 g/mol. The van der Waals surface area contributed by atoms with E-state index in [1.165, 1.54) is 6.33 Å². The Kier molecular flexibility index (Phi) is 3.80. The lowest BCUT2D eigenvalue weighted by molar-refractivity contribution is 0.0120. The topological polar surface area (TPSA) is 98.1 Å². The summed E-state index contributed by atoms with van der Waals surface area (Å²) in [5, 5.41) is 6.15. The zero-order valence-electron chi connectivity index (χ0n) is 15.0. The van der Waals surface area contributed by atoms with Gasteiger partial charge in [0.1, 0.15) is 29.2 Å². The summed E-state index contributed by atoms with van der Waals surface area (Å²) >= 11 is 0. The quantitative estimate of drug-likeness (QED) is 0.847. The van der Waals surface area contributed by atoms with Crippen LogP contribution in [0.2, 0.25) is 0 Å². The highest BCUT2D eigenvalue weighted by Crippen LogP contribution is 2.33. The summed E-state index contributed by atoms with van der Waals surface area (Å²) in [4.78, 5) is 34.2. The summed E-state index contributed by atoms with van der Waals surface area (Å²) in [7, 11) is 0. The number of hydrogen-bond donors (Lipinski definition) is 2. The molecule has 0 aromatic carbocycles. The first kappa shape index (κ1) is 16.7. The van der Waals surface area contributed by atoms with Crippen molar-refractivity contribution in [3.05, 3.63) is 45.3 Å². The van der Waals surface area contributed by atoms with Crippen molar-refractivity contribution in [2.75, 3.05) is 18.5 Å². The fourth-order valence-corrected chi connectivity index (χ4v) is 3.70. The standard InChI is InChI=1S/C18H21N5O3/c1-10-8-13(21-15-11(2)12(3)19-9-20-15)17(25)23-14(10)16(24)22-18(23)4-6-26-7-5-18/h8-9H,4-7H2,1-3H3,(H,22,24)(H,19,20,21). The number of aryl methyl sites for hydroxylation is 2. The van der Waals surface area contributed by atoms with E-state index in [0.717, 1.165) is 16.8 Å². The maximum Gasteiger partial charge on any atom is 0.276 e. The molecule has 2 aromatic rings. The molecule has 4 rings (SSSR count). The molecule has 0 bridgehead atoms. The predicted octanol–water partition coefficient (Wildman–Crippen LogP) is 1.51. The zero-order valence-corrected chi connectivity index (χ0v) is 15.0. The third kappa shape index (κ3) is 2.40. The molecule has 1 fully saturated rings. The Morgan fingerprint density at radius 2 is 1.92 bits per heavy atom. The van der Waals surface area contributed by atoms with Gasteiger partial charge >= 0.3 is 0 Å². The lowest BCUT2D eigenvalue weighted by Crippen LogP contribution is -2.51. The molecular weight excluding hydrogens is 334 g/mol. The SMILES string of the molecule is Cc1cc(Nc2ncnc(C)c2C)c(=O)n2c1C(=O)NC21CCOCC1. The Morgan fingerprint density at radius 1 is 1.19 bits per heavy atom. The number of pyridine rings is 1. The average Bonchev–Trinajstić information content (AvgIpc) is 2.89. The first-order valence-corrected chi connectivity index (χ1v) is 8.65. The highest BCUT2D eigenvalue weighted by Gasteiger charge is 2.45. The second kappa shape index (κ2) is 5.91. The summed E-state index contributed by atoms with van der Waals surface area (Å²) in [6.07, 6.45) is 2.61. The van der Waals surface area contributed by atoms with Gasteiger partial charge in [0.05, 0.1) is 13.2 Å². The van der Waals surface area contributed by atoms with Crippen LogP contribution in [0.25, 0.3) is 0 Å². The van der Waals surface area contributed by atoms with Crippen LogP contribution in [-0.2, 0) is 10.4 Å². The van der Waals surface area contributed by atoms with Gasteiger partial charge < -0.3 is 15.4 Å². The number of fused-ring (bicyclic) bond motifs is 2. The van der Waals surface area contributed by atoms with Crippen molar-refractivity contribution in [3.63, 3.8) is 0 Å². The number of carbonyl (C=O) groups is 1. The Morgan fingerprint density at radius 3 is 2.65 bits per heavy atom. The van der Waals surface area contributed by atoms with E-state index in [9.17, 15) is 9.59 Å². The van der Waals surface area contributed by atoms with Gasteiger partial charge in [0.15, 0.2) is 0 Å². The van der Waals surface area contributed by atoms with E-state index in [1.54, 1.807) is 10.6 Å². The largest absolute Gasteiger partial charge is 0.381 e. The van der Waals surface area contributed by atoms with Gasteiger partial charge in [-0.2, -0.15) is 0 Å². The molecule has 8 heteroatoms. The zero-order chi connectivity index (χ0) is 18.5. The van der Waals surface area contributed by atoms with Crippen LogP contribution in [0, 0.1) is 20.8 Å². The molecule has 0 saturated carbocycles. The van der Waals surface area contributed by atoms with Crippen LogP contribution >= 0.6 is 0 Å². The lowest BCUT2D eigenvalue weighted by Gasteiger charge is -2.35. The van der Waals surface area contributed by atoms with Crippen molar-refractivity contribution < 1.29 is 9.53 Å². The van der Waals surface area contributed by atoms with Gasteiger partial charge in [-0.05, 0) is 32.4 Å². The number of nitrogens with one attached hydrogen (secondary N) is 2. The van der Waals surface area contributed by atoms with Crippen molar-refractivity contribution in [2.24, 2.45) is 0 Å². The first-order valence-electron chi connectivity index (χ1n) is 8.65. The van der Waals surface area contributed by atoms with E-state index in [0.29, 0.717) is 43.3 Å². The van der Waals surface area contributed by atoms with E-state index in [4.69, 9.17) is 4.74 Å². The molecule has 4 heterocycles. The van der Waals surface area contributed by atoms with Crippen LogP contribution < -0.4 is 16.2 Å². The van der Waals surface area contributed by atoms with E-state index in [1.807, 2.05) is 20.8 Å². The molecule has 8 nitrogen and oxygen atoms in total. The molecule has 1 saturated heterocycles. The van der Waals surface area contributed by atoms with Gasteiger partial charge in [-0.25, -0.2) is 9.97 Å². The van der Waals surface area contributed by atoms with Gasteiger partial charge in [0.2, 0.25) is 0 Å². The van der Waals surface area contributed by atoms with Crippen LogP contribution in [0.3, 0.4) is 0 Å². The van der Waals surface area contributed by atoms with E-state index in [2.05, 4.69) is 20.6 Å². The van der Waals surface area contributed by atoms with Crippen LogP contribution in [-0.4, -0.2) is 33.7 Å². The predicted molar refractivity (Wildman–Crippen MR) is 95.7 cm³/mol. The fraction of sp³-hybridized carbons (Fsp3) is 0.444. The normalized spacial score (nSPS) is 17.9. The number of anilines is 2. The van der Waals surface area contributed by atoms with Gasteiger partial charge in [0, 0.05) is 24.1 Å². The van der Waals surface area contributed by atoms with Crippen LogP contribution in [0.1, 0.15) is 40.2 Å². The first-order chi connectivity index (χ1) is 12.4. The smallest absolute Gasteiger partial charge is 0.276 e. The maximum atomic E-state index is 13.3. The molecule has 2 aliphatic heterocycles. The number of carbonyl (C=O) groups excluding carboxylic acids is 1. The molecule has 0 atom stereocenters. The van der Waals surface area contributed by atoms with Crippen molar-refractivity contribution in [1.82, 2.24) is 19.9 Å². The summed E-state index contributed by atoms with van der Waals surface area (Å²) in [5.74, 6) is 0.384. The summed E-state index contributed by atoms with van der Waals surface area (Å²) in [6, 6.07) is 1.71. The Balaban J connectivity index is 1.86. The second-order valence-electron chi connectivity index (χ2n) is 6.89. The molecule has 136 valence electrons. The molecule has 1 amide bonds. The second-order valence-corrected chi connectivity index (χ2v) is 6.89.